The van der Waals surface area contributed by atoms with Crippen LogP contribution in [-0.4, -0.2) is 24.2 Å². The monoisotopic (exact) mass is 428 g/mol. The second kappa shape index (κ2) is 9.80. The number of alkyl halides is 3. The van der Waals surface area contributed by atoms with Gasteiger partial charge >= 0.3 is 6.36 Å². The highest BCUT2D eigenvalue weighted by Gasteiger charge is 2.31. The van der Waals surface area contributed by atoms with Gasteiger partial charge in [-0.05, 0) is 42.0 Å². The molecule has 0 aromatic heterocycles. The van der Waals surface area contributed by atoms with Crippen LogP contribution in [0, 0.1) is 0 Å². The molecule has 0 saturated carbocycles. The summed E-state index contributed by atoms with van der Waals surface area (Å²) in [6.45, 7) is 0. The molecule has 0 aliphatic rings. The fraction of sp³-hybridized carbons (Fsp3) is 0.130. The molecular weight excluding hydrogens is 409 g/mol. The standard InChI is InChI=1S/C23H19F3N2O3/c24-23(25,26)31-19-13-11-18(12-14-19)27-22(30)20(15-16-7-3-1-4-8-16)28-21(29)17-9-5-2-6-10-17/h1-14,20H,15H2,(H,27,30)(H,28,29). The second-order valence-corrected chi connectivity index (χ2v) is 6.64. The van der Waals surface area contributed by atoms with E-state index in [1.165, 1.54) is 12.1 Å². The van der Waals surface area contributed by atoms with E-state index >= 15 is 0 Å². The van der Waals surface area contributed by atoms with E-state index in [1.54, 1.807) is 30.3 Å². The van der Waals surface area contributed by atoms with Crippen LogP contribution in [0.1, 0.15) is 15.9 Å². The number of benzene rings is 3. The van der Waals surface area contributed by atoms with Crippen LogP contribution in [-0.2, 0) is 11.2 Å². The van der Waals surface area contributed by atoms with E-state index in [9.17, 15) is 22.8 Å². The molecule has 0 heterocycles. The molecule has 0 fully saturated rings. The zero-order valence-electron chi connectivity index (χ0n) is 16.2. The Morgan fingerprint density at radius 1 is 0.839 bits per heavy atom. The minimum Gasteiger partial charge on any atom is -0.406 e. The Morgan fingerprint density at radius 3 is 2.00 bits per heavy atom. The summed E-state index contributed by atoms with van der Waals surface area (Å²) in [5.74, 6) is -1.31. The van der Waals surface area contributed by atoms with Crippen molar-refractivity contribution in [3.8, 4) is 5.75 Å². The summed E-state index contributed by atoms with van der Waals surface area (Å²) in [4.78, 5) is 25.4. The molecule has 1 unspecified atom stereocenters. The van der Waals surface area contributed by atoms with Crippen molar-refractivity contribution in [2.24, 2.45) is 0 Å². The first kappa shape index (κ1) is 21.9. The molecule has 2 N–H and O–H groups in total. The van der Waals surface area contributed by atoms with Crippen LogP contribution in [0.4, 0.5) is 18.9 Å². The lowest BCUT2D eigenvalue weighted by atomic mass is 10.0. The van der Waals surface area contributed by atoms with Crippen molar-refractivity contribution >= 4 is 17.5 Å². The van der Waals surface area contributed by atoms with Crippen LogP contribution in [0.25, 0.3) is 0 Å². The number of ether oxygens (including phenoxy) is 1. The zero-order valence-corrected chi connectivity index (χ0v) is 16.2. The Kier molecular flexibility index (Phi) is 6.92. The summed E-state index contributed by atoms with van der Waals surface area (Å²) >= 11 is 0. The van der Waals surface area contributed by atoms with Crippen LogP contribution >= 0.6 is 0 Å². The maximum absolute atomic E-state index is 12.9. The molecular formula is C23H19F3N2O3. The first-order valence-corrected chi connectivity index (χ1v) is 9.37. The predicted octanol–water partition coefficient (Wildman–Crippen LogP) is 4.57. The van der Waals surface area contributed by atoms with Gasteiger partial charge in [0.25, 0.3) is 5.91 Å². The van der Waals surface area contributed by atoms with Gasteiger partial charge in [0, 0.05) is 17.7 Å². The Bertz CT molecular complexity index is 1010. The Morgan fingerprint density at radius 2 is 1.42 bits per heavy atom. The number of anilines is 1. The average Bonchev–Trinajstić information content (AvgIpc) is 2.75. The molecule has 0 radical (unpaired) electrons. The summed E-state index contributed by atoms with van der Waals surface area (Å²) in [5.41, 5.74) is 1.51. The van der Waals surface area contributed by atoms with E-state index in [-0.39, 0.29) is 12.1 Å². The third-order valence-electron chi connectivity index (χ3n) is 4.30. The van der Waals surface area contributed by atoms with E-state index in [0.717, 1.165) is 17.7 Å². The van der Waals surface area contributed by atoms with E-state index < -0.39 is 30.0 Å². The van der Waals surface area contributed by atoms with Gasteiger partial charge in [-0.3, -0.25) is 9.59 Å². The van der Waals surface area contributed by atoms with E-state index in [4.69, 9.17) is 0 Å². The van der Waals surface area contributed by atoms with E-state index in [1.807, 2.05) is 30.3 Å². The molecule has 5 nitrogen and oxygen atoms in total. The van der Waals surface area contributed by atoms with Gasteiger partial charge in [-0.1, -0.05) is 48.5 Å². The summed E-state index contributed by atoms with van der Waals surface area (Å²) in [7, 11) is 0. The lowest BCUT2D eigenvalue weighted by Gasteiger charge is -2.19. The summed E-state index contributed by atoms with van der Waals surface area (Å²) in [5, 5.41) is 5.34. The number of hydrogen-bond donors (Lipinski definition) is 2. The van der Waals surface area contributed by atoms with E-state index in [0.29, 0.717) is 5.56 Å². The fourth-order valence-corrected chi connectivity index (χ4v) is 2.86. The highest BCUT2D eigenvalue weighted by atomic mass is 19.4. The molecule has 31 heavy (non-hydrogen) atoms. The Hall–Kier alpha value is -3.81. The number of carbonyl (C=O) groups is 2. The van der Waals surface area contributed by atoms with Gasteiger partial charge in [-0.25, -0.2) is 0 Å². The largest absolute Gasteiger partial charge is 0.573 e. The maximum atomic E-state index is 12.9. The van der Waals surface area contributed by atoms with Gasteiger partial charge in [-0.2, -0.15) is 0 Å². The molecule has 0 aliphatic heterocycles. The number of amides is 2. The maximum Gasteiger partial charge on any atom is 0.573 e. The lowest BCUT2D eigenvalue weighted by molar-refractivity contribution is -0.274. The van der Waals surface area contributed by atoms with Crippen LogP contribution in [0.2, 0.25) is 0 Å². The van der Waals surface area contributed by atoms with Crippen LogP contribution in [0.3, 0.4) is 0 Å². The molecule has 0 saturated heterocycles. The molecule has 0 aliphatic carbocycles. The van der Waals surface area contributed by atoms with E-state index in [2.05, 4.69) is 15.4 Å². The highest BCUT2D eigenvalue weighted by molar-refractivity contribution is 6.01. The molecule has 3 aromatic carbocycles. The third kappa shape index (κ3) is 6.88. The first-order chi connectivity index (χ1) is 14.8. The number of hydrogen-bond acceptors (Lipinski definition) is 3. The SMILES string of the molecule is O=C(NC(Cc1ccccc1)C(=O)Nc1ccc(OC(F)(F)F)cc1)c1ccccc1. The van der Waals surface area contributed by atoms with Gasteiger partial charge in [0.2, 0.25) is 5.91 Å². The number of halogens is 3. The van der Waals surface area contributed by atoms with Gasteiger partial charge < -0.3 is 15.4 Å². The minimum absolute atomic E-state index is 0.237. The predicted molar refractivity (Wildman–Crippen MR) is 110 cm³/mol. The van der Waals surface area contributed by atoms with Gasteiger partial charge in [-0.15, -0.1) is 13.2 Å². The number of rotatable bonds is 7. The molecule has 160 valence electrons. The normalized spacial score (nSPS) is 12.0. The topological polar surface area (TPSA) is 67.4 Å². The Balaban J connectivity index is 1.73. The molecule has 1 atom stereocenters. The van der Waals surface area contributed by atoms with Crippen molar-refractivity contribution in [2.45, 2.75) is 18.8 Å². The number of carbonyl (C=O) groups excluding carboxylic acids is 2. The summed E-state index contributed by atoms with van der Waals surface area (Å²) in [6.07, 6.45) is -4.56. The van der Waals surface area contributed by atoms with Crippen molar-refractivity contribution in [2.75, 3.05) is 5.32 Å². The minimum atomic E-state index is -4.80. The van der Waals surface area contributed by atoms with Crippen molar-refractivity contribution in [1.29, 1.82) is 0 Å². The molecule has 0 bridgehead atoms. The highest BCUT2D eigenvalue weighted by Crippen LogP contribution is 2.24. The first-order valence-electron chi connectivity index (χ1n) is 9.37. The Labute approximate surface area is 176 Å². The smallest absolute Gasteiger partial charge is 0.406 e. The summed E-state index contributed by atoms with van der Waals surface area (Å²) < 4.78 is 40.7. The van der Waals surface area contributed by atoms with Crippen LogP contribution in [0.15, 0.2) is 84.9 Å². The molecule has 3 rings (SSSR count). The van der Waals surface area contributed by atoms with Gasteiger partial charge in [0.15, 0.2) is 0 Å². The zero-order chi connectivity index (χ0) is 22.3. The van der Waals surface area contributed by atoms with Gasteiger partial charge in [0.1, 0.15) is 11.8 Å². The van der Waals surface area contributed by atoms with Crippen molar-refractivity contribution in [3.05, 3.63) is 96.1 Å². The fourth-order valence-electron chi connectivity index (χ4n) is 2.86. The third-order valence-corrected chi connectivity index (χ3v) is 4.30. The van der Waals surface area contributed by atoms with Gasteiger partial charge in [0.05, 0.1) is 0 Å². The quantitative estimate of drug-likeness (QED) is 0.580. The van der Waals surface area contributed by atoms with Crippen molar-refractivity contribution in [1.82, 2.24) is 5.32 Å². The summed E-state index contributed by atoms with van der Waals surface area (Å²) in [6, 6.07) is 21.5. The average molecular weight is 428 g/mol. The lowest BCUT2D eigenvalue weighted by Crippen LogP contribution is -2.45. The number of nitrogens with one attached hydrogen (secondary N) is 2. The van der Waals surface area contributed by atoms with Crippen LogP contribution < -0.4 is 15.4 Å². The molecule has 0 spiro atoms. The molecule has 2 amide bonds. The second-order valence-electron chi connectivity index (χ2n) is 6.64. The van der Waals surface area contributed by atoms with Crippen LogP contribution in [0.5, 0.6) is 5.75 Å². The van der Waals surface area contributed by atoms with Crippen molar-refractivity contribution in [3.63, 3.8) is 0 Å². The van der Waals surface area contributed by atoms with Crippen molar-refractivity contribution < 1.29 is 27.5 Å². The molecule has 8 heteroatoms. The molecule has 3 aromatic rings.